The lowest BCUT2D eigenvalue weighted by Crippen LogP contribution is -2.22. The van der Waals surface area contributed by atoms with Crippen molar-refractivity contribution in [1.82, 2.24) is 5.32 Å². The van der Waals surface area contributed by atoms with Gasteiger partial charge in [-0.3, -0.25) is 4.79 Å². The number of thiophene rings is 1. The van der Waals surface area contributed by atoms with Crippen molar-refractivity contribution < 1.29 is 9.53 Å². The molecule has 1 aromatic heterocycles. The zero-order valence-electron chi connectivity index (χ0n) is 9.05. The first-order valence-corrected chi connectivity index (χ1v) is 6.36. The molecule has 0 saturated carbocycles. The first-order chi connectivity index (χ1) is 7.54. The van der Waals surface area contributed by atoms with Crippen molar-refractivity contribution in [3.05, 3.63) is 20.3 Å². The summed E-state index contributed by atoms with van der Waals surface area (Å²) in [5, 5.41) is 3.18. The van der Waals surface area contributed by atoms with Crippen LogP contribution >= 0.6 is 34.5 Å². The van der Waals surface area contributed by atoms with E-state index in [2.05, 4.69) is 10.1 Å². The summed E-state index contributed by atoms with van der Waals surface area (Å²) in [7, 11) is 1.38. The molecule has 1 aromatic rings. The molecule has 0 amide bonds. The van der Waals surface area contributed by atoms with E-state index in [1.807, 2.05) is 13.0 Å². The van der Waals surface area contributed by atoms with Crippen LogP contribution in [0.15, 0.2) is 6.07 Å². The number of ether oxygens (including phenoxy) is 1. The second-order valence-electron chi connectivity index (χ2n) is 3.28. The van der Waals surface area contributed by atoms with Crippen molar-refractivity contribution in [1.29, 1.82) is 0 Å². The number of carbonyl (C=O) groups excluding carboxylic acids is 1. The Morgan fingerprint density at radius 1 is 1.62 bits per heavy atom. The Hall–Kier alpha value is -0.290. The summed E-state index contributed by atoms with van der Waals surface area (Å²) < 4.78 is 5.89. The summed E-state index contributed by atoms with van der Waals surface area (Å²) in [6.45, 7) is 2.53. The van der Waals surface area contributed by atoms with Crippen LogP contribution in [-0.2, 0) is 9.53 Å². The number of rotatable bonds is 5. The molecule has 0 radical (unpaired) electrons. The lowest BCUT2D eigenvalue weighted by molar-refractivity contribution is -0.140. The Balaban J connectivity index is 2.43. The maximum Gasteiger partial charge on any atom is 0.306 e. The van der Waals surface area contributed by atoms with Gasteiger partial charge in [-0.1, -0.05) is 23.2 Å². The third-order valence-electron chi connectivity index (χ3n) is 2.16. The SMILES string of the molecule is COC(=O)CCNC(C)c1cc(Cl)sc1Cl. The number of hydrogen-bond donors (Lipinski definition) is 1. The highest BCUT2D eigenvalue weighted by molar-refractivity contribution is 7.20. The molecule has 3 nitrogen and oxygen atoms in total. The van der Waals surface area contributed by atoms with Crippen molar-refractivity contribution in [2.45, 2.75) is 19.4 Å². The molecule has 16 heavy (non-hydrogen) atoms. The van der Waals surface area contributed by atoms with Crippen LogP contribution in [-0.4, -0.2) is 19.6 Å². The van der Waals surface area contributed by atoms with Crippen molar-refractivity contribution in [3.8, 4) is 0 Å². The van der Waals surface area contributed by atoms with Crippen LogP contribution in [0.25, 0.3) is 0 Å². The Kier molecular flexibility index (Phi) is 5.55. The summed E-state index contributed by atoms with van der Waals surface area (Å²) >= 11 is 13.2. The van der Waals surface area contributed by atoms with Gasteiger partial charge in [0.25, 0.3) is 0 Å². The topological polar surface area (TPSA) is 38.3 Å². The zero-order chi connectivity index (χ0) is 12.1. The van der Waals surface area contributed by atoms with Gasteiger partial charge in [0.1, 0.15) is 0 Å². The Labute approximate surface area is 109 Å². The fourth-order valence-electron chi connectivity index (χ4n) is 1.25. The number of nitrogens with one attached hydrogen (secondary N) is 1. The Morgan fingerprint density at radius 3 is 2.81 bits per heavy atom. The van der Waals surface area contributed by atoms with Gasteiger partial charge < -0.3 is 10.1 Å². The van der Waals surface area contributed by atoms with Crippen LogP contribution in [0, 0.1) is 0 Å². The summed E-state index contributed by atoms with van der Waals surface area (Å²) in [4.78, 5) is 10.9. The minimum atomic E-state index is -0.228. The van der Waals surface area contributed by atoms with E-state index in [1.54, 1.807) is 0 Å². The first-order valence-electron chi connectivity index (χ1n) is 4.79. The maximum absolute atomic E-state index is 10.9. The summed E-state index contributed by atoms with van der Waals surface area (Å²) in [6, 6.07) is 1.91. The van der Waals surface area contributed by atoms with Gasteiger partial charge in [0.05, 0.1) is 22.2 Å². The molecule has 1 N–H and O–H groups in total. The highest BCUT2D eigenvalue weighted by atomic mass is 35.5. The fourth-order valence-corrected chi connectivity index (χ4v) is 2.90. The van der Waals surface area contributed by atoms with E-state index < -0.39 is 0 Å². The number of methoxy groups -OCH3 is 1. The molecule has 1 heterocycles. The van der Waals surface area contributed by atoms with Crippen molar-refractivity contribution >= 4 is 40.5 Å². The van der Waals surface area contributed by atoms with Crippen molar-refractivity contribution in [2.24, 2.45) is 0 Å². The molecule has 0 aliphatic heterocycles. The monoisotopic (exact) mass is 281 g/mol. The van der Waals surface area contributed by atoms with Gasteiger partial charge in [0, 0.05) is 12.6 Å². The zero-order valence-corrected chi connectivity index (χ0v) is 11.4. The van der Waals surface area contributed by atoms with Crippen LogP contribution in [0.3, 0.4) is 0 Å². The lowest BCUT2D eigenvalue weighted by atomic mass is 10.2. The van der Waals surface area contributed by atoms with E-state index >= 15 is 0 Å². The molecule has 6 heteroatoms. The van der Waals surface area contributed by atoms with Gasteiger partial charge in [-0.2, -0.15) is 0 Å². The van der Waals surface area contributed by atoms with Gasteiger partial charge in [-0.15, -0.1) is 11.3 Å². The van der Waals surface area contributed by atoms with Gasteiger partial charge in [0.15, 0.2) is 0 Å². The van der Waals surface area contributed by atoms with E-state index in [0.29, 0.717) is 21.6 Å². The number of esters is 1. The molecule has 90 valence electrons. The molecular formula is C10H13Cl2NO2S. The highest BCUT2D eigenvalue weighted by Crippen LogP contribution is 2.34. The van der Waals surface area contributed by atoms with E-state index in [0.717, 1.165) is 5.56 Å². The molecule has 0 aromatic carbocycles. The third-order valence-corrected chi connectivity index (χ3v) is 3.67. The minimum Gasteiger partial charge on any atom is -0.469 e. The highest BCUT2D eigenvalue weighted by Gasteiger charge is 2.13. The summed E-state index contributed by atoms with van der Waals surface area (Å²) in [6.07, 6.45) is 0.344. The van der Waals surface area contributed by atoms with Crippen LogP contribution in [0.4, 0.5) is 0 Å². The van der Waals surface area contributed by atoms with Crippen LogP contribution < -0.4 is 5.32 Å². The van der Waals surface area contributed by atoms with Gasteiger partial charge in [-0.05, 0) is 18.6 Å². The van der Waals surface area contributed by atoms with E-state index in [-0.39, 0.29) is 12.0 Å². The molecule has 1 rings (SSSR count). The van der Waals surface area contributed by atoms with E-state index in [4.69, 9.17) is 23.2 Å². The molecule has 0 saturated heterocycles. The largest absolute Gasteiger partial charge is 0.469 e. The first kappa shape index (κ1) is 13.8. The predicted molar refractivity (Wildman–Crippen MR) is 67.4 cm³/mol. The second-order valence-corrected chi connectivity index (χ2v) is 5.57. The molecule has 0 bridgehead atoms. The summed E-state index contributed by atoms with van der Waals surface area (Å²) in [5.41, 5.74) is 0.960. The number of hydrogen-bond acceptors (Lipinski definition) is 4. The standard InChI is InChI=1S/C10H13Cl2NO2S/c1-6(13-4-3-9(14)15-2)7-5-8(11)16-10(7)12/h5-6,13H,3-4H2,1-2H3. The Morgan fingerprint density at radius 2 is 2.31 bits per heavy atom. The average molecular weight is 282 g/mol. The molecule has 0 aliphatic carbocycles. The minimum absolute atomic E-state index is 0.0703. The number of carbonyl (C=O) groups is 1. The number of halogens is 2. The fraction of sp³-hybridized carbons (Fsp3) is 0.500. The van der Waals surface area contributed by atoms with Crippen molar-refractivity contribution in [2.75, 3.05) is 13.7 Å². The smallest absolute Gasteiger partial charge is 0.306 e. The Bertz CT molecular complexity index is 368. The molecule has 1 unspecified atom stereocenters. The lowest BCUT2D eigenvalue weighted by Gasteiger charge is -2.12. The average Bonchev–Trinajstić information content (AvgIpc) is 2.57. The molecule has 0 fully saturated rings. The van der Waals surface area contributed by atoms with Crippen molar-refractivity contribution in [3.63, 3.8) is 0 Å². The molecule has 0 spiro atoms. The van der Waals surface area contributed by atoms with Gasteiger partial charge in [-0.25, -0.2) is 0 Å². The van der Waals surface area contributed by atoms with Gasteiger partial charge >= 0.3 is 5.97 Å². The molecule has 0 aliphatic rings. The molecule has 1 atom stereocenters. The van der Waals surface area contributed by atoms with Crippen LogP contribution in [0.5, 0.6) is 0 Å². The van der Waals surface area contributed by atoms with E-state index in [1.165, 1.54) is 18.4 Å². The van der Waals surface area contributed by atoms with E-state index in [9.17, 15) is 4.79 Å². The second kappa shape index (κ2) is 6.45. The van der Waals surface area contributed by atoms with Gasteiger partial charge in [0.2, 0.25) is 0 Å². The van der Waals surface area contributed by atoms with Crippen LogP contribution in [0.2, 0.25) is 8.67 Å². The normalized spacial score (nSPS) is 12.5. The summed E-state index contributed by atoms with van der Waals surface area (Å²) in [5.74, 6) is -0.228. The predicted octanol–water partition coefficient (Wildman–Crippen LogP) is 3.27. The van der Waals surface area contributed by atoms with Crippen LogP contribution in [0.1, 0.15) is 24.9 Å². The maximum atomic E-state index is 10.9. The third kappa shape index (κ3) is 3.94. The molecular weight excluding hydrogens is 269 g/mol. The quantitative estimate of drug-likeness (QED) is 0.842.